The van der Waals surface area contributed by atoms with Crippen molar-refractivity contribution in [3.8, 4) is 0 Å². The van der Waals surface area contributed by atoms with Gasteiger partial charge in [0.05, 0.1) is 11.7 Å². The van der Waals surface area contributed by atoms with Crippen LogP contribution in [0.4, 0.5) is 0 Å². The van der Waals surface area contributed by atoms with Crippen molar-refractivity contribution < 1.29 is 15.0 Å². The Kier molecular flexibility index (Phi) is 22.3. The van der Waals surface area contributed by atoms with Gasteiger partial charge in [0.2, 0.25) is 0 Å². The van der Waals surface area contributed by atoms with Crippen LogP contribution in [-0.2, 0) is 4.79 Å². The third-order valence-electron chi connectivity index (χ3n) is 1.91. The SMILES string of the molecule is CCC[CH2][Sn][CH2]CCC.O=C(O)CSC(=S)SCO. The van der Waals surface area contributed by atoms with Gasteiger partial charge < -0.3 is 10.2 Å². The Morgan fingerprint density at radius 2 is 1.68 bits per heavy atom. The molecule has 0 aliphatic heterocycles. The molecule has 0 saturated heterocycles. The molecule has 7 heteroatoms. The zero-order chi connectivity index (χ0) is 14.9. The molecule has 3 nitrogen and oxygen atoms in total. The summed E-state index contributed by atoms with van der Waals surface area (Å²) < 4.78 is 3.71. The summed E-state index contributed by atoms with van der Waals surface area (Å²) in [5.74, 6) is -1.03. The molecule has 0 fully saturated rings. The van der Waals surface area contributed by atoms with Crippen molar-refractivity contribution in [1.82, 2.24) is 0 Å². The molecule has 0 aliphatic rings. The van der Waals surface area contributed by atoms with E-state index in [0.717, 1.165) is 23.5 Å². The number of aliphatic hydroxyl groups is 1. The van der Waals surface area contributed by atoms with Crippen LogP contribution in [0.25, 0.3) is 0 Å². The second-order valence-electron chi connectivity index (χ2n) is 3.66. The Bertz CT molecular complexity index is 222. The second kappa shape index (κ2) is 19.0. The van der Waals surface area contributed by atoms with E-state index in [0.29, 0.717) is 3.53 Å². The summed E-state index contributed by atoms with van der Waals surface area (Å²) in [6.45, 7) is 4.58. The average Bonchev–Trinajstić information content (AvgIpc) is 2.37. The minimum absolute atomic E-state index is 0.0359. The predicted molar refractivity (Wildman–Crippen MR) is 92.6 cm³/mol. The first-order chi connectivity index (χ1) is 9.08. The minimum Gasteiger partial charge on any atom is -0.481 e. The maximum atomic E-state index is 9.96. The fourth-order valence-corrected chi connectivity index (χ4v) is 6.45. The molecule has 0 spiro atoms. The topological polar surface area (TPSA) is 57.5 Å². The van der Waals surface area contributed by atoms with E-state index in [1.807, 2.05) is 0 Å². The molecule has 112 valence electrons. The van der Waals surface area contributed by atoms with Crippen molar-refractivity contribution in [2.75, 3.05) is 11.7 Å². The van der Waals surface area contributed by atoms with E-state index in [1.165, 1.54) is 25.7 Å². The third kappa shape index (κ3) is 24.4. The molecule has 0 aromatic carbocycles. The molecule has 0 saturated carbocycles. The minimum atomic E-state index is -0.897. The van der Waals surface area contributed by atoms with Crippen LogP contribution in [-0.4, -0.2) is 52.5 Å². The standard InChI is InChI=1S/C4H6O3S3.2C4H9.Sn/c5-2-10-4(8)9-1-3(6)7;2*1-3-4-2;/h5H,1-2H2,(H,6,7);2*1,3-4H2,2H3;. The Morgan fingerprint density at radius 3 is 2.05 bits per heavy atom. The first-order valence-electron chi connectivity index (χ1n) is 6.41. The number of carboxylic acid groups (broad SMARTS) is 1. The molecule has 2 radical (unpaired) electrons. The summed E-state index contributed by atoms with van der Waals surface area (Å²) in [6.07, 6.45) is 5.84. The molecule has 0 bridgehead atoms. The molecule has 2 N–H and O–H groups in total. The summed E-state index contributed by atoms with van der Waals surface area (Å²) in [4.78, 5) is 9.96. The van der Waals surface area contributed by atoms with Crippen LogP contribution in [0.2, 0.25) is 8.87 Å². The van der Waals surface area contributed by atoms with Gasteiger partial charge in [0.15, 0.2) is 0 Å². The van der Waals surface area contributed by atoms with Crippen molar-refractivity contribution >= 4 is 66.4 Å². The van der Waals surface area contributed by atoms with Gasteiger partial charge in [0, 0.05) is 0 Å². The number of thiocarbonyl (C=S) groups is 1. The van der Waals surface area contributed by atoms with E-state index in [2.05, 4.69) is 26.1 Å². The monoisotopic (exact) mass is 432 g/mol. The molecule has 0 unspecified atom stereocenters. The number of rotatable bonds is 9. The Labute approximate surface area is 140 Å². The number of thioether (sulfide) groups is 2. The zero-order valence-corrected chi connectivity index (χ0v) is 17.0. The van der Waals surface area contributed by atoms with Crippen molar-refractivity contribution in [2.24, 2.45) is 0 Å². The van der Waals surface area contributed by atoms with Gasteiger partial charge in [-0.25, -0.2) is 0 Å². The van der Waals surface area contributed by atoms with Gasteiger partial charge in [-0.1, -0.05) is 35.7 Å². The number of hydrogen-bond donors (Lipinski definition) is 2. The number of hydrogen-bond acceptors (Lipinski definition) is 5. The summed E-state index contributed by atoms with van der Waals surface area (Å²) in [6, 6.07) is 0. The van der Waals surface area contributed by atoms with Crippen LogP contribution < -0.4 is 0 Å². The Hall–Kier alpha value is 1.02. The molecule has 0 rings (SSSR count). The van der Waals surface area contributed by atoms with Gasteiger partial charge in [0.25, 0.3) is 0 Å². The first-order valence-corrected chi connectivity index (χ1v) is 12.8. The Morgan fingerprint density at radius 1 is 1.16 bits per heavy atom. The van der Waals surface area contributed by atoms with Crippen LogP contribution in [0, 0.1) is 0 Å². The first kappa shape index (κ1) is 22.3. The van der Waals surface area contributed by atoms with E-state index in [4.69, 9.17) is 10.2 Å². The predicted octanol–water partition coefficient (Wildman–Crippen LogP) is 3.90. The molecule has 0 aromatic rings. The molecular formula is C12H24O3S3Sn. The zero-order valence-electron chi connectivity index (χ0n) is 11.7. The largest absolute Gasteiger partial charge is 0.481 e. The normalized spacial score (nSPS) is 9.63. The number of carbonyl (C=O) groups is 1. The number of unbranched alkanes of at least 4 members (excludes halogenated alkanes) is 2. The molecule has 19 heavy (non-hydrogen) atoms. The molecule has 0 heterocycles. The van der Waals surface area contributed by atoms with Crippen molar-refractivity contribution in [3.05, 3.63) is 0 Å². The van der Waals surface area contributed by atoms with E-state index in [9.17, 15) is 4.79 Å². The summed E-state index contributed by atoms with van der Waals surface area (Å²) >= 11 is 6.93. The van der Waals surface area contributed by atoms with Crippen LogP contribution >= 0.6 is 35.7 Å². The van der Waals surface area contributed by atoms with Crippen molar-refractivity contribution in [1.29, 1.82) is 0 Å². The molecule has 0 aliphatic carbocycles. The van der Waals surface area contributed by atoms with Gasteiger partial charge in [0.1, 0.15) is 3.53 Å². The van der Waals surface area contributed by atoms with Crippen molar-refractivity contribution in [3.63, 3.8) is 0 Å². The van der Waals surface area contributed by atoms with Crippen LogP contribution in [0.1, 0.15) is 39.5 Å². The number of aliphatic hydroxyl groups excluding tert-OH is 1. The average molecular weight is 431 g/mol. The number of carboxylic acids is 1. The van der Waals surface area contributed by atoms with Gasteiger partial charge in [-0.3, -0.25) is 4.79 Å². The fourth-order valence-electron chi connectivity index (χ4n) is 0.944. The van der Waals surface area contributed by atoms with Gasteiger partial charge in [-0.15, -0.1) is 0 Å². The molecule has 0 atom stereocenters. The van der Waals surface area contributed by atoms with E-state index < -0.39 is 5.97 Å². The molecular weight excluding hydrogens is 407 g/mol. The molecule has 0 amide bonds. The summed E-state index contributed by atoms with van der Waals surface area (Å²) in [5, 5.41) is 16.5. The Balaban J connectivity index is 0. The fraction of sp³-hybridized carbons (Fsp3) is 0.833. The van der Waals surface area contributed by atoms with Gasteiger partial charge in [-0.05, 0) is 0 Å². The number of aliphatic carboxylic acids is 1. The van der Waals surface area contributed by atoms with Gasteiger partial charge in [-0.2, -0.15) is 0 Å². The van der Waals surface area contributed by atoms with Gasteiger partial charge >= 0.3 is 75.5 Å². The van der Waals surface area contributed by atoms with E-state index >= 15 is 0 Å². The quantitative estimate of drug-likeness (QED) is 0.250. The van der Waals surface area contributed by atoms with Crippen LogP contribution in [0.15, 0.2) is 0 Å². The molecule has 0 aromatic heterocycles. The van der Waals surface area contributed by atoms with Crippen LogP contribution in [0.3, 0.4) is 0 Å². The summed E-state index contributed by atoms with van der Waals surface area (Å²) in [7, 11) is 0. The second-order valence-corrected chi connectivity index (χ2v) is 11.1. The van der Waals surface area contributed by atoms with Crippen molar-refractivity contribution in [2.45, 2.75) is 48.4 Å². The summed E-state index contributed by atoms with van der Waals surface area (Å²) in [5.41, 5.74) is 0. The maximum Gasteiger partial charge on any atom is 0.313 e. The van der Waals surface area contributed by atoms with Crippen LogP contribution in [0.5, 0.6) is 0 Å². The van der Waals surface area contributed by atoms with E-state index in [-0.39, 0.29) is 32.8 Å². The van der Waals surface area contributed by atoms with E-state index in [1.54, 1.807) is 8.87 Å². The third-order valence-corrected chi connectivity index (χ3v) is 8.35. The smallest absolute Gasteiger partial charge is 0.313 e. The maximum absolute atomic E-state index is 9.96.